The Balaban J connectivity index is 1.92. The average Bonchev–Trinajstić information content (AvgIpc) is 2.61. The van der Waals surface area contributed by atoms with Gasteiger partial charge in [0, 0.05) is 25.7 Å². The van der Waals surface area contributed by atoms with Crippen LogP contribution in [0.4, 0.5) is 4.79 Å². The fraction of sp³-hybridized carbons (Fsp3) is 0.611. The lowest BCUT2D eigenvalue weighted by Gasteiger charge is -2.25. The maximum Gasteiger partial charge on any atom is 0.315 e. The predicted molar refractivity (Wildman–Crippen MR) is 98.7 cm³/mol. The first-order chi connectivity index (χ1) is 11.8. The van der Waals surface area contributed by atoms with Crippen LogP contribution in [-0.4, -0.2) is 37.9 Å². The molecule has 1 aliphatic rings. The molecule has 1 atom stereocenters. The van der Waals surface area contributed by atoms with Crippen LogP contribution >= 0.6 is 0 Å². The van der Waals surface area contributed by atoms with Crippen molar-refractivity contribution in [2.24, 2.45) is 5.92 Å². The summed E-state index contributed by atoms with van der Waals surface area (Å²) in [6.07, 6.45) is 2.93. The first-order valence-corrected chi connectivity index (χ1v) is 10.4. The van der Waals surface area contributed by atoms with Crippen molar-refractivity contribution in [1.29, 1.82) is 0 Å². The summed E-state index contributed by atoms with van der Waals surface area (Å²) < 4.78 is 26.8. The number of sulfonamides is 1. The lowest BCUT2D eigenvalue weighted by atomic mass is 10.1. The van der Waals surface area contributed by atoms with Crippen LogP contribution in [0.2, 0.25) is 0 Å². The SMILES string of the molecule is CC(C)C(C)NC(=O)NCc1ccc(S(=O)(=O)N2CCCCC2)cc1. The van der Waals surface area contributed by atoms with E-state index in [-0.39, 0.29) is 12.1 Å². The van der Waals surface area contributed by atoms with Crippen LogP contribution in [0.5, 0.6) is 0 Å². The fourth-order valence-corrected chi connectivity index (χ4v) is 4.16. The van der Waals surface area contributed by atoms with Gasteiger partial charge in [-0.15, -0.1) is 0 Å². The molecule has 0 saturated carbocycles. The minimum absolute atomic E-state index is 0.0945. The third-order valence-corrected chi connectivity index (χ3v) is 6.60. The number of rotatable bonds is 6. The van der Waals surface area contributed by atoms with E-state index in [9.17, 15) is 13.2 Å². The standard InChI is InChI=1S/C18H29N3O3S/c1-14(2)15(3)20-18(22)19-13-16-7-9-17(10-8-16)25(23,24)21-11-5-4-6-12-21/h7-10,14-15H,4-6,11-13H2,1-3H3,(H2,19,20,22). The second kappa shape index (κ2) is 8.67. The molecule has 0 aliphatic carbocycles. The van der Waals surface area contributed by atoms with Crippen LogP contribution in [0.1, 0.15) is 45.6 Å². The predicted octanol–water partition coefficient (Wildman–Crippen LogP) is 2.70. The molecule has 140 valence electrons. The number of piperidine rings is 1. The van der Waals surface area contributed by atoms with Crippen molar-refractivity contribution in [3.63, 3.8) is 0 Å². The van der Waals surface area contributed by atoms with Gasteiger partial charge < -0.3 is 10.6 Å². The molecule has 2 amide bonds. The highest BCUT2D eigenvalue weighted by Gasteiger charge is 2.25. The van der Waals surface area contributed by atoms with Gasteiger partial charge in [0.15, 0.2) is 0 Å². The minimum atomic E-state index is -3.40. The van der Waals surface area contributed by atoms with Crippen LogP contribution in [0.3, 0.4) is 0 Å². The third-order valence-electron chi connectivity index (χ3n) is 4.69. The zero-order valence-corrected chi connectivity index (χ0v) is 16.1. The molecule has 2 N–H and O–H groups in total. The Labute approximate surface area is 151 Å². The molecule has 1 aromatic rings. The number of nitrogens with one attached hydrogen (secondary N) is 2. The lowest BCUT2D eigenvalue weighted by molar-refractivity contribution is 0.234. The van der Waals surface area contributed by atoms with Crippen molar-refractivity contribution in [2.45, 2.75) is 57.5 Å². The van der Waals surface area contributed by atoms with Crippen molar-refractivity contribution < 1.29 is 13.2 Å². The maximum atomic E-state index is 12.6. The average molecular weight is 368 g/mol. The zero-order chi connectivity index (χ0) is 18.4. The monoisotopic (exact) mass is 367 g/mol. The van der Waals surface area contributed by atoms with Gasteiger partial charge in [0.05, 0.1) is 4.90 Å². The van der Waals surface area contributed by atoms with E-state index >= 15 is 0 Å². The number of hydrogen-bond acceptors (Lipinski definition) is 3. The van der Waals surface area contributed by atoms with Gasteiger partial charge in [0.1, 0.15) is 0 Å². The summed E-state index contributed by atoms with van der Waals surface area (Å²) in [5.74, 6) is 0.366. The first kappa shape index (κ1) is 19.7. The van der Waals surface area contributed by atoms with E-state index in [0.29, 0.717) is 30.4 Å². The number of urea groups is 1. The third kappa shape index (κ3) is 5.44. The number of carbonyl (C=O) groups is 1. The first-order valence-electron chi connectivity index (χ1n) is 8.94. The summed E-state index contributed by atoms with van der Waals surface area (Å²) in [6, 6.07) is 6.63. The summed E-state index contributed by atoms with van der Waals surface area (Å²) in [5.41, 5.74) is 0.866. The van der Waals surface area contributed by atoms with Gasteiger partial charge in [0.2, 0.25) is 10.0 Å². The Kier molecular flexibility index (Phi) is 6.84. The second-order valence-electron chi connectivity index (χ2n) is 6.97. The summed E-state index contributed by atoms with van der Waals surface area (Å²) in [6.45, 7) is 7.61. The van der Waals surface area contributed by atoms with E-state index < -0.39 is 10.0 Å². The number of benzene rings is 1. The summed E-state index contributed by atoms with van der Waals surface area (Å²) in [5, 5.41) is 5.67. The molecule has 2 rings (SSSR count). The van der Waals surface area contributed by atoms with Gasteiger partial charge in [0.25, 0.3) is 0 Å². The van der Waals surface area contributed by atoms with Crippen LogP contribution in [0.15, 0.2) is 29.2 Å². The summed E-state index contributed by atoms with van der Waals surface area (Å²) in [4.78, 5) is 12.2. The van der Waals surface area contributed by atoms with E-state index in [2.05, 4.69) is 10.6 Å². The number of carbonyl (C=O) groups excluding carboxylic acids is 1. The molecule has 1 saturated heterocycles. The Morgan fingerprint density at radius 2 is 1.68 bits per heavy atom. The van der Waals surface area contributed by atoms with E-state index in [1.807, 2.05) is 20.8 Å². The molecule has 0 aromatic heterocycles. The van der Waals surface area contributed by atoms with E-state index in [1.54, 1.807) is 28.6 Å². The molecular weight excluding hydrogens is 338 g/mol. The number of amides is 2. The van der Waals surface area contributed by atoms with Crippen molar-refractivity contribution in [3.05, 3.63) is 29.8 Å². The quantitative estimate of drug-likeness (QED) is 0.811. The number of nitrogens with zero attached hydrogens (tertiary/aromatic N) is 1. The molecule has 25 heavy (non-hydrogen) atoms. The van der Waals surface area contributed by atoms with E-state index in [4.69, 9.17) is 0 Å². The topological polar surface area (TPSA) is 78.5 Å². The van der Waals surface area contributed by atoms with Crippen molar-refractivity contribution in [3.8, 4) is 0 Å². The van der Waals surface area contributed by atoms with Gasteiger partial charge in [-0.25, -0.2) is 13.2 Å². The molecule has 1 heterocycles. The molecule has 1 aromatic carbocycles. The highest BCUT2D eigenvalue weighted by molar-refractivity contribution is 7.89. The highest BCUT2D eigenvalue weighted by atomic mass is 32.2. The smallest absolute Gasteiger partial charge is 0.315 e. The van der Waals surface area contributed by atoms with E-state index in [1.165, 1.54) is 0 Å². The molecule has 1 aliphatic heterocycles. The lowest BCUT2D eigenvalue weighted by Crippen LogP contribution is -2.42. The molecule has 6 nitrogen and oxygen atoms in total. The van der Waals surface area contributed by atoms with Crippen LogP contribution in [-0.2, 0) is 16.6 Å². The fourth-order valence-electron chi connectivity index (χ4n) is 2.64. The van der Waals surface area contributed by atoms with Gasteiger partial charge in [-0.3, -0.25) is 0 Å². The minimum Gasteiger partial charge on any atom is -0.335 e. The molecule has 7 heteroatoms. The van der Waals surface area contributed by atoms with Gasteiger partial charge in [-0.2, -0.15) is 4.31 Å². The molecule has 0 radical (unpaired) electrons. The van der Waals surface area contributed by atoms with Crippen molar-refractivity contribution in [2.75, 3.05) is 13.1 Å². The van der Waals surface area contributed by atoms with Crippen LogP contribution in [0, 0.1) is 5.92 Å². The summed E-state index contributed by atoms with van der Waals surface area (Å²) in [7, 11) is -3.40. The normalized spacial score (nSPS) is 17.3. The maximum absolute atomic E-state index is 12.6. The highest BCUT2D eigenvalue weighted by Crippen LogP contribution is 2.20. The van der Waals surface area contributed by atoms with Gasteiger partial charge in [-0.1, -0.05) is 32.4 Å². The Morgan fingerprint density at radius 3 is 2.24 bits per heavy atom. The second-order valence-corrected chi connectivity index (χ2v) is 8.91. The molecule has 0 bridgehead atoms. The van der Waals surface area contributed by atoms with Crippen LogP contribution < -0.4 is 10.6 Å². The van der Waals surface area contributed by atoms with Crippen LogP contribution in [0.25, 0.3) is 0 Å². The van der Waals surface area contributed by atoms with Crippen molar-refractivity contribution >= 4 is 16.1 Å². The Morgan fingerprint density at radius 1 is 1.08 bits per heavy atom. The van der Waals surface area contributed by atoms with Crippen molar-refractivity contribution in [1.82, 2.24) is 14.9 Å². The largest absolute Gasteiger partial charge is 0.335 e. The van der Waals surface area contributed by atoms with Gasteiger partial charge >= 0.3 is 6.03 Å². The Bertz CT molecular complexity index is 665. The summed E-state index contributed by atoms with van der Waals surface area (Å²) >= 11 is 0. The van der Waals surface area contributed by atoms with Gasteiger partial charge in [-0.05, 0) is 43.4 Å². The molecule has 1 fully saturated rings. The molecule has 1 unspecified atom stereocenters. The molecule has 0 spiro atoms. The molecular formula is C18H29N3O3S. The van der Waals surface area contributed by atoms with E-state index in [0.717, 1.165) is 24.8 Å². The zero-order valence-electron chi connectivity index (χ0n) is 15.3. The Hall–Kier alpha value is -1.60. The number of hydrogen-bond donors (Lipinski definition) is 2.